The number of halogens is 3. The Kier molecular flexibility index (Phi) is 26.2. The van der Waals surface area contributed by atoms with Crippen molar-refractivity contribution >= 4 is 77.4 Å². The topological polar surface area (TPSA) is 246 Å². The maximum atomic E-state index is 12.5. The van der Waals surface area contributed by atoms with E-state index in [0.717, 1.165) is 11.1 Å². The summed E-state index contributed by atoms with van der Waals surface area (Å²) in [5, 5.41) is 9.34. The first-order valence-electron chi connectivity index (χ1n) is 23.3. The van der Waals surface area contributed by atoms with Crippen LogP contribution in [0.4, 0.5) is 4.79 Å². The molecule has 5 N–H and O–H groups in total. The van der Waals surface area contributed by atoms with Crippen LogP contribution in [0, 0.1) is 11.8 Å². The second kappa shape index (κ2) is 30.6. The summed E-state index contributed by atoms with van der Waals surface area (Å²) in [6.07, 6.45) is 0.575. The van der Waals surface area contributed by atoms with Gasteiger partial charge in [-0.2, -0.15) is 0 Å². The molecule has 0 radical (unpaired) electrons. The highest BCUT2D eigenvalue weighted by Gasteiger charge is 2.34. The summed E-state index contributed by atoms with van der Waals surface area (Å²) in [6, 6.07) is 27.6. The van der Waals surface area contributed by atoms with Gasteiger partial charge in [0.1, 0.15) is 17.1 Å². The largest absolute Gasteiger partial charge is 0.476 e. The number of rotatable bonds is 23. The maximum absolute atomic E-state index is 12.5. The smallest absolute Gasteiger partial charge is 0.407 e. The summed E-state index contributed by atoms with van der Waals surface area (Å²) in [7, 11) is 0. The van der Waals surface area contributed by atoms with Crippen molar-refractivity contribution in [1.82, 2.24) is 16.0 Å². The molecule has 0 spiro atoms. The van der Waals surface area contributed by atoms with Crippen molar-refractivity contribution in [3.05, 3.63) is 129 Å². The molecule has 0 heterocycles. The Morgan fingerprint density at radius 3 is 1.24 bits per heavy atom. The van der Waals surface area contributed by atoms with Gasteiger partial charge in [0.2, 0.25) is 13.6 Å². The van der Waals surface area contributed by atoms with Gasteiger partial charge in [0, 0.05) is 47.4 Å². The minimum absolute atomic E-state index is 0. The number of carbonyl (C=O) groups excluding carboxylic acids is 7. The zero-order valence-corrected chi connectivity index (χ0v) is 45.3. The van der Waals surface area contributed by atoms with Crippen LogP contribution >= 0.6 is 35.6 Å². The molecule has 2 atom stereocenters. The predicted octanol–water partition coefficient (Wildman–Crippen LogP) is 8.21. The van der Waals surface area contributed by atoms with E-state index in [2.05, 4.69) is 16.0 Å². The highest BCUT2D eigenvalue weighted by Crippen LogP contribution is 2.22. The number of carbonyl (C=O) groups is 7. The van der Waals surface area contributed by atoms with E-state index in [-0.39, 0.29) is 37.3 Å². The molecule has 0 aliphatic carbocycles. The number of hydrogen-bond acceptors (Lipinski definition) is 15. The van der Waals surface area contributed by atoms with Crippen LogP contribution in [0.2, 0.25) is 10.0 Å². The van der Waals surface area contributed by atoms with Gasteiger partial charge in [-0.3, -0.25) is 19.2 Å². The number of alkyl carbamates (subject to hydrolysis) is 1. The molecule has 4 rings (SSSR count). The van der Waals surface area contributed by atoms with E-state index in [1.165, 1.54) is 13.8 Å². The molecule has 0 aliphatic rings. The van der Waals surface area contributed by atoms with Gasteiger partial charge in [-0.1, -0.05) is 61.3 Å². The fourth-order valence-corrected chi connectivity index (χ4v) is 6.06. The van der Waals surface area contributed by atoms with E-state index in [9.17, 15) is 33.6 Å². The lowest BCUT2D eigenvalue weighted by molar-refractivity contribution is -0.180. The van der Waals surface area contributed by atoms with E-state index in [4.69, 9.17) is 62.1 Å². The lowest BCUT2D eigenvalue weighted by atomic mass is 10.1. The van der Waals surface area contributed by atoms with E-state index in [1.54, 1.807) is 121 Å². The SMILES string of the molecule is CC(CN)C(=O)OCOC(=O)C(C)(C)Oc1ccc(CCNC(=O)c2ccc(Cl)cc2)cc1.CC(CNC(=O)OC(C)(C)C)C(=O)OCOC(=O)C(C)(C)Oc1ccc(CCNC(=O)c2ccc(Cl)cc2)cc1.Cl. The Morgan fingerprint density at radius 1 is 0.527 bits per heavy atom. The molecule has 0 saturated carbocycles. The van der Waals surface area contributed by atoms with Crippen molar-refractivity contribution in [3.63, 3.8) is 0 Å². The molecule has 21 heteroatoms. The highest BCUT2D eigenvalue weighted by atomic mass is 35.5. The van der Waals surface area contributed by atoms with Crippen LogP contribution < -0.4 is 31.2 Å². The maximum Gasteiger partial charge on any atom is 0.407 e. The van der Waals surface area contributed by atoms with Crippen molar-refractivity contribution in [2.75, 3.05) is 39.8 Å². The first kappa shape index (κ1) is 63.5. The second-order valence-corrected chi connectivity index (χ2v) is 19.4. The van der Waals surface area contributed by atoms with Crippen molar-refractivity contribution in [1.29, 1.82) is 0 Å². The molecule has 18 nitrogen and oxygen atoms in total. The first-order chi connectivity index (χ1) is 34.3. The Hall–Kier alpha value is -6.60. The lowest BCUT2D eigenvalue weighted by Gasteiger charge is -2.24. The van der Waals surface area contributed by atoms with Crippen LogP contribution in [0.1, 0.15) is 94.2 Å². The second-order valence-electron chi connectivity index (χ2n) is 18.5. The Morgan fingerprint density at radius 2 is 0.892 bits per heavy atom. The number of hydrogen-bond donors (Lipinski definition) is 4. The third-order valence-corrected chi connectivity index (χ3v) is 10.6. The van der Waals surface area contributed by atoms with Gasteiger partial charge >= 0.3 is 30.0 Å². The van der Waals surface area contributed by atoms with Gasteiger partial charge < -0.3 is 54.8 Å². The van der Waals surface area contributed by atoms with Crippen LogP contribution in [-0.2, 0) is 55.7 Å². The van der Waals surface area contributed by atoms with Crippen LogP contribution in [-0.4, -0.2) is 98.4 Å². The normalized spacial score (nSPS) is 11.8. The van der Waals surface area contributed by atoms with Crippen molar-refractivity contribution in [2.45, 2.75) is 92.0 Å². The minimum atomic E-state index is -1.36. The summed E-state index contributed by atoms with van der Waals surface area (Å²) >= 11 is 11.7. The number of nitrogens with one attached hydrogen (secondary N) is 3. The minimum Gasteiger partial charge on any atom is -0.476 e. The van der Waals surface area contributed by atoms with E-state index < -0.39 is 72.2 Å². The quantitative estimate of drug-likeness (QED) is 0.0311. The van der Waals surface area contributed by atoms with Gasteiger partial charge in [-0.05, 0) is 145 Å². The highest BCUT2D eigenvalue weighted by molar-refractivity contribution is 6.31. The third kappa shape index (κ3) is 23.5. The molecule has 0 aromatic heterocycles. The Balaban J connectivity index is 0.000000509. The molecule has 2 unspecified atom stereocenters. The van der Waals surface area contributed by atoms with Crippen molar-refractivity contribution < 1.29 is 66.7 Å². The lowest BCUT2D eigenvalue weighted by Crippen LogP contribution is -2.40. The molecule has 74 heavy (non-hydrogen) atoms. The first-order valence-corrected chi connectivity index (χ1v) is 24.0. The molecule has 0 saturated heterocycles. The average molecular weight is 1090 g/mol. The van der Waals surface area contributed by atoms with Crippen molar-refractivity contribution in [3.8, 4) is 11.5 Å². The summed E-state index contributed by atoms with van der Waals surface area (Å²) in [6.45, 7) is 14.5. The summed E-state index contributed by atoms with van der Waals surface area (Å²) < 4.78 is 36.5. The standard InChI is InChI=1S/C29H37ClN2O8.C24H29ClN2O6.ClH/c1-19(17-32-27(36)40-28(2,3)4)25(34)37-18-38-26(35)29(5,6)39-23-13-7-20(8-14-23)15-16-31-24(33)21-9-11-22(30)12-10-21;1-16(14-26)22(29)31-15-32-23(30)24(2,3)33-20-10-4-17(5-11-20)12-13-27-21(28)18-6-8-19(25)9-7-18;/h7-14,19H,15-18H2,1-6H3,(H,31,33)(H,32,36);4-11,16H,12-15,26H2,1-3H3,(H,27,28);1H. The van der Waals surface area contributed by atoms with Crippen LogP contribution in [0.5, 0.6) is 11.5 Å². The van der Waals surface area contributed by atoms with Crippen molar-refractivity contribution in [2.24, 2.45) is 17.6 Å². The van der Waals surface area contributed by atoms with Gasteiger partial charge in [0.25, 0.3) is 11.8 Å². The van der Waals surface area contributed by atoms with E-state index >= 15 is 0 Å². The number of nitrogens with two attached hydrogens (primary N) is 1. The molecule has 0 fully saturated rings. The summed E-state index contributed by atoms with van der Waals surface area (Å²) in [5.41, 5.74) is 5.11. The molecule has 4 aromatic rings. The zero-order valence-electron chi connectivity index (χ0n) is 43.0. The molecule has 3 amide bonds. The summed E-state index contributed by atoms with van der Waals surface area (Å²) in [4.78, 5) is 84.5. The van der Waals surface area contributed by atoms with Gasteiger partial charge in [-0.15, -0.1) is 12.4 Å². The molecule has 404 valence electrons. The summed E-state index contributed by atoms with van der Waals surface area (Å²) in [5.74, 6) is -3.19. The van der Waals surface area contributed by atoms with Gasteiger partial charge in [0.05, 0.1) is 11.8 Å². The molecule has 4 aromatic carbocycles. The molecular weight excluding hydrogens is 1020 g/mol. The van der Waals surface area contributed by atoms with E-state index in [0.29, 0.717) is 58.6 Å². The molecular formula is C53H67Cl3N4O14. The molecule has 0 aliphatic heterocycles. The van der Waals surface area contributed by atoms with Crippen LogP contribution in [0.3, 0.4) is 0 Å². The molecule has 0 bridgehead atoms. The Bertz CT molecular complexity index is 2450. The number of esters is 4. The number of amides is 3. The Labute approximate surface area is 448 Å². The average Bonchev–Trinajstić information content (AvgIpc) is 3.33. The fraction of sp³-hybridized carbons (Fsp3) is 0.415. The third-order valence-electron chi connectivity index (χ3n) is 10.1. The zero-order chi connectivity index (χ0) is 54.4. The van der Waals surface area contributed by atoms with Crippen LogP contribution in [0.25, 0.3) is 0 Å². The predicted molar refractivity (Wildman–Crippen MR) is 280 cm³/mol. The number of benzene rings is 4. The monoisotopic (exact) mass is 1090 g/mol. The fourth-order valence-electron chi connectivity index (χ4n) is 5.81. The van der Waals surface area contributed by atoms with Crippen LogP contribution in [0.15, 0.2) is 97.1 Å². The van der Waals surface area contributed by atoms with E-state index in [1.807, 2.05) is 24.3 Å². The van der Waals surface area contributed by atoms with Gasteiger partial charge in [-0.25, -0.2) is 14.4 Å². The van der Waals surface area contributed by atoms with Gasteiger partial charge in [0.15, 0.2) is 11.2 Å². The number of ether oxygens (including phenoxy) is 7.